The minimum Gasteiger partial charge on any atom is -0.377 e. The molecule has 13 N–H and O–H groups in total. The first kappa shape index (κ1) is 59.4. The Morgan fingerprint density at radius 1 is 0.453 bits per heavy atom. The number of nitrogens with one attached hydrogen (secondary N) is 7. The monoisotopic (exact) mass is 917 g/mol. The lowest BCUT2D eigenvalue weighted by molar-refractivity contribution is -0.129. The predicted octanol–water partition coefficient (Wildman–Crippen LogP) is -3.29. The number of primary amides is 2. The van der Waals surface area contributed by atoms with Gasteiger partial charge in [-0.2, -0.15) is 0 Å². The van der Waals surface area contributed by atoms with Gasteiger partial charge in [0.25, 0.3) is 0 Å². The Balaban J connectivity index is 3.92. The molecule has 0 aromatic heterocycles. The van der Waals surface area contributed by atoms with Crippen molar-refractivity contribution in [3.63, 3.8) is 0 Å². The molecule has 7 amide bonds. The molecule has 0 radical (unpaired) electrons. The van der Waals surface area contributed by atoms with Gasteiger partial charge in [0.05, 0.1) is 64.8 Å². The molecule has 3 atom stereocenters. The third kappa shape index (κ3) is 36.8. The molecule has 0 spiro atoms. The molecular weight excluding hydrogens is 841 g/mol. The van der Waals surface area contributed by atoms with Gasteiger partial charge < -0.3 is 62.7 Å². The van der Waals surface area contributed by atoms with Crippen molar-refractivity contribution < 1.29 is 62.1 Å². The van der Waals surface area contributed by atoms with Crippen LogP contribution in [0.5, 0.6) is 0 Å². The Morgan fingerprint density at radius 3 is 1.36 bits per heavy atom. The quantitative estimate of drug-likeness (QED) is 0.0268. The van der Waals surface area contributed by atoms with Gasteiger partial charge in [0, 0.05) is 39.0 Å². The fourth-order valence-corrected chi connectivity index (χ4v) is 5.66. The second-order valence-corrected chi connectivity index (χ2v) is 15.0. The summed E-state index contributed by atoms with van der Waals surface area (Å²) in [6.07, 6.45) is 5.46. The molecule has 23 nitrogen and oxygen atoms in total. The highest BCUT2D eigenvalue weighted by Crippen LogP contribution is 2.05. The van der Waals surface area contributed by atoms with Crippen molar-refractivity contribution in [2.24, 2.45) is 17.2 Å². The van der Waals surface area contributed by atoms with Crippen molar-refractivity contribution in [1.29, 1.82) is 0 Å². The molecule has 0 aliphatic heterocycles. The van der Waals surface area contributed by atoms with E-state index in [1.807, 2.05) is 0 Å². The number of carbonyl (C=O) groups excluding carboxylic acids is 9. The van der Waals surface area contributed by atoms with Crippen LogP contribution in [0.1, 0.15) is 90.9 Å². The van der Waals surface area contributed by atoms with Crippen LogP contribution in [0.2, 0.25) is 0 Å². The maximum Gasteiger partial charge on any atom is 0.246 e. The van der Waals surface area contributed by atoms with Crippen LogP contribution < -0.4 is 54.4 Å². The lowest BCUT2D eigenvalue weighted by Gasteiger charge is -2.19. The molecule has 0 heterocycles. The molecule has 0 rings (SSSR count). The third-order valence-electron chi connectivity index (χ3n) is 9.10. The largest absolute Gasteiger partial charge is 0.377 e. The van der Waals surface area contributed by atoms with E-state index < -0.39 is 29.9 Å². The smallest absolute Gasteiger partial charge is 0.246 e. The summed E-state index contributed by atoms with van der Waals surface area (Å²) in [6, 6.07) is -1.98. The van der Waals surface area contributed by atoms with Gasteiger partial charge >= 0.3 is 0 Å². The van der Waals surface area contributed by atoms with E-state index in [0.29, 0.717) is 77.4 Å². The predicted molar refractivity (Wildman–Crippen MR) is 235 cm³/mol. The van der Waals surface area contributed by atoms with Crippen molar-refractivity contribution in [2.45, 2.75) is 109 Å². The zero-order valence-electron chi connectivity index (χ0n) is 37.9. The van der Waals surface area contributed by atoms with E-state index in [4.69, 9.17) is 36.1 Å². The molecular formula is C41H76N10O13. The Labute approximate surface area is 376 Å². The first-order valence-electron chi connectivity index (χ1n) is 22.1. The summed E-state index contributed by atoms with van der Waals surface area (Å²) in [5.74, 6) is -2.84. The van der Waals surface area contributed by atoms with Gasteiger partial charge in [0.1, 0.15) is 30.8 Å². The maximum absolute atomic E-state index is 12.8. The zero-order chi connectivity index (χ0) is 47.8. The zero-order valence-corrected chi connectivity index (χ0v) is 37.9. The molecule has 64 heavy (non-hydrogen) atoms. The fraction of sp³-hybridized carbons (Fsp3) is 0.780. The van der Waals surface area contributed by atoms with Gasteiger partial charge in [0.15, 0.2) is 0 Å². The van der Waals surface area contributed by atoms with Crippen molar-refractivity contribution in [3.05, 3.63) is 0 Å². The van der Waals surface area contributed by atoms with Gasteiger partial charge in [-0.15, -0.1) is 0 Å². The van der Waals surface area contributed by atoms with Gasteiger partial charge in [-0.1, -0.05) is 0 Å². The molecule has 0 fully saturated rings. The number of hydrogen-bond acceptors (Lipinski definition) is 16. The van der Waals surface area contributed by atoms with Gasteiger partial charge in [0.2, 0.25) is 41.4 Å². The highest BCUT2D eigenvalue weighted by molar-refractivity contribution is 5.88. The normalized spacial score (nSPS) is 12.4. The van der Waals surface area contributed by atoms with E-state index in [9.17, 15) is 43.2 Å². The van der Waals surface area contributed by atoms with Crippen LogP contribution in [-0.4, -0.2) is 170 Å². The van der Waals surface area contributed by atoms with E-state index >= 15 is 0 Å². The maximum atomic E-state index is 12.8. The van der Waals surface area contributed by atoms with E-state index in [0.717, 1.165) is 0 Å². The summed E-state index contributed by atoms with van der Waals surface area (Å²) < 4.78 is 21.4. The highest BCUT2D eigenvalue weighted by Gasteiger charge is 2.21. The summed E-state index contributed by atoms with van der Waals surface area (Å²) in [5.41, 5.74) is 16.3. The Hall–Kier alpha value is -4.65. The minimum atomic E-state index is -0.752. The van der Waals surface area contributed by atoms with Crippen molar-refractivity contribution in [1.82, 2.24) is 37.2 Å². The second kappa shape index (κ2) is 39.9. The van der Waals surface area contributed by atoms with E-state index in [1.165, 1.54) is 13.8 Å². The first-order valence-corrected chi connectivity index (χ1v) is 22.1. The van der Waals surface area contributed by atoms with Crippen LogP contribution in [0, 0.1) is 0 Å². The Morgan fingerprint density at radius 2 is 0.875 bits per heavy atom. The standard InChI is InChI=1S/C41H76N10O13/c1-30(52)26-49-32(39(43)58)10-4-7-16-45-37(56)28-63-24-23-62-21-19-47-38(57)29-64-25-22-61-20-18-46-35(54)13-9-14-36(55)51-34(12-3-6-15-42)41(60)48-17-8-5-11-33(40(44)59)50-27-31(2)53/h32-34,49-50H,3-29,42H2,1-2H3,(H2,43,58)(H2,44,59)(H,45,56)(H,46,54)(H,47,57)(H,48,60)(H,51,55)/t32-,33-,34-/m0/s1. The minimum absolute atomic E-state index is 0.0458. The van der Waals surface area contributed by atoms with E-state index in [2.05, 4.69) is 37.2 Å². The number of ketones is 2. The number of nitrogens with two attached hydrogens (primary N) is 3. The number of hydrogen-bond donors (Lipinski definition) is 10. The number of unbranched alkanes of at least 4 members (excludes halogenated alkanes) is 3. The molecule has 368 valence electrons. The van der Waals surface area contributed by atoms with Crippen LogP contribution >= 0.6 is 0 Å². The van der Waals surface area contributed by atoms with Gasteiger partial charge in [-0.3, -0.25) is 53.8 Å². The van der Waals surface area contributed by atoms with Gasteiger partial charge in [-0.25, -0.2) is 0 Å². The first-order chi connectivity index (χ1) is 30.7. The summed E-state index contributed by atoms with van der Waals surface area (Å²) in [6.45, 7) is 5.57. The average molecular weight is 917 g/mol. The average Bonchev–Trinajstić information content (AvgIpc) is 3.23. The molecule has 0 unspecified atom stereocenters. The van der Waals surface area contributed by atoms with Crippen molar-refractivity contribution >= 4 is 52.9 Å². The lowest BCUT2D eigenvalue weighted by Crippen LogP contribution is -2.47. The molecule has 23 heteroatoms. The number of amides is 7. The Bertz CT molecular complexity index is 1390. The molecule has 0 saturated carbocycles. The molecule has 0 aromatic carbocycles. The summed E-state index contributed by atoms with van der Waals surface area (Å²) in [5, 5.41) is 19.3. The number of Topliss-reactive ketones (excluding diaryl/α,β-unsaturated/α-hetero) is 2. The Kier molecular flexibility index (Phi) is 37.0. The van der Waals surface area contributed by atoms with Gasteiger partial charge in [-0.05, 0) is 84.6 Å². The van der Waals surface area contributed by atoms with Crippen molar-refractivity contribution in [3.8, 4) is 0 Å². The topological polar surface area (TPSA) is 353 Å². The van der Waals surface area contributed by atoms with Crippen molar-refractivity contribution in [2.75, 3.05) is 98.7 Å². The number of carbonyl (C=O) groups is 9. The summed E-state index contributed by atoms with van der Waals surface area (Å²) in [4.78, 5) is 107. The lowest BCUT2D eigenvalue weighted by atomic mass is 10.1. The van der Waals surface area contributed by atoms with Crippen LogP contribution in [0.15, 0.2) is 0 Å². The highest BCUT2D eigenvalue weighted by atomic mass is 16.5. The molecule has 0 aliphatic carbocycles. The molecule has 0 aromatic rings. The SMILES string of the molecule is CC(=O)CN[C@@H](CCCCNC(=O)COCCOCCNC(=O)COCCOCCNC(=O)CCCC(=O)N[C@@H](CCCCN)C(=O)NCCCC[C@H](NCC(C)=O)C(N)=O)C(N)=O. The second-order valence-electron chi connectivity index (χ2n) is 15.0. The third-order valence-corrected chi connectivity index (χ3v) is 9.10. The number of rotatable bonds is 44. The molecule has 0 saturated heterocycles. The number of ether oxygens (including phenoxy) is 4. The molecule has 0 aliphatic rings. The van der Waals surface area contributed by atoms with Crippen LogP contribution in [0.25, 0.3) is 0 Å². The fourth-order valence-electron chi connectivity index (χ4n) is 5.66. The van der Waals surface area contributed by atoms with Crippen LogP contribution in [0.4, 0.5) is 0 Å². The van der Waals surface area contributed by atoms with Crippen LogP contribution in [-0.2, 0) is 62.1 Å². The summed E-state index contributed by atoms with van der Waals surface area (Å²) >= 11 is 0. The van der Waals surface area contributed by atoms with E-state index in [1.54, 1.807) is 0 Å². The summed E-state index contributed by atoms with van der Waals surface area (Å²) in [7, 11) is 0. The molecule has 0 bridgehead atoms. The van der Waals surface area contributed by atoms with E-state index in [-0.39, 0.29) is 139 Å². The van der Waals surface area contributed by atoms with Crippen LogP contribution in [0.3, 0.4) is 0 Å².